The van der Waals surface area contributed by atoms with Gasteiger partial charge >= 0.3 is 6.36 Å². The van der Waals surface area contributed by atoms with E-state index in [0.717, 1.165) is 32.0 Å². The van der Waals surface area contributed by atoms with Crippen molar-refractivity contribution >= 4 is 5.82 Å². The number of nitrogens with zero attached hydrogens (tertiary/aromatic N) is 2. The second kappa shape index (κ2) is 8.66. The van der Waals surface area contributed by atoms with Crippen LogP contribution in [-0.4, -0.2) is 47.6 Å². The highest BCUT2D eigenvalue weighted by atomic mass is 19.4. The molecule has 1 atom stereocenters. The van der Waals surface area contributed by atoms with Crippen LogP contribution in [0.3, 0.4) is 0 Å². The largest absolute Gasteiger partial charge is 0.573 e. The van der Waals surface area contributed by atoms with E-state index in [0.29, 0.717) is 5.88 Å². The summed E-state index contributed by atoms with van der Waals surface area (Å²) in [7, 11) is 2.06. The summed E-state index contributed by atoms with van der Waals surface area (Å²) in [6, 6.07) is 10.4. The molecule has 0 spiro atoms. The Morgan fingerprint density at radius 1 is 1.14 bits per heavy atom. The van der Waals surface area contributed by atoms with Gasteiger partial charge in [-0.15, -0.1) is 13.2 Å². The lowest BCUT2D eigenvalue weighted by atomic mass is 10.1. The summed E-state index contributed by atoms with van der Waals surface area (Å²) in [5, 5.41) is 13.0. The van der Waals surface area contributed by atoms with Crippen LogP contribution in [0.15, 0.2) is 42.5 Å². The average Bonchev–Trinajstić information content (AvgIpc) is 2.63. The summed E-state index contributed by atoms with van der Waals surface area (Å²) in [5.41, 5.74) is -0.0525. The number of anilines is 1. The highest BCUT2D eigenvalue weighted by molar-refractivity contribution is 5.43. The Morgan fingerprint density at radius 2 is 1.86 bits per heavy atom. The van der Waals surface area contributed by atoms with Crippen molar-refractivity contribution in [1.29, 1.82) is 0 Å². The molecule has 1 aliphatic rings. The van der Waals surface area contributed by atoms with Gasteiger partial charge in [-0.1, -0.05) is 24.3 Å². The van der Waals surface area contributed by atoms with Crippen LogP contribution in [0.25, 0.3) is 0 Å². The normalized spacial score (nSPS) is 17.2. The minimum absolute atomic E-state index is 0.0525. The first kappa shape index (κ1) is 20.2. The zero-order valence-corrected chi connectivity index (χ0v) is 15.3. The maximum absolute atomic E-state index is 12.6. The van der Waals surface area contributed by atoms with Crippen molar-refractivity contribution in [3.05, 3.63) is 48.0 Å². The second-order valence-corrected chi connectivity index (χ2v) is 6.61. The number of aliphatic hydroxyl groups excluding tert-OH is 1. The standard InChI is InChI=1S/C19H22F3N3O3/c1-25-11-9-13(10-12-25)27-17-8-4-7-16(23-17)24-18(26)14-5-2-3-6-15(14)28-19(20,21)22/h2-8,13,18,26H,9-12H2,1H3,(H,23,24). The smallest absolute Gasteiger partial charge is 0.474 e. The van der Waals surface area contributed by atoms with Crippen molar-refractivity contribution in [2.45, 2.75) is 31.5 Å². The SMILES string of the molecule is CN1CCC(Oc2cccc(NC(O)c3ccccc3OC(F)(F)F)n2)CC1. The molecule has 1 saturated heterocycles. The first-order valence-electron chi connectivity index (χ1n) is 8.92. The molecular formula is C19H22F3N3O3. The number of halogens is 3. The maximum atomic E-state index is 12.6. The Labute approximate surface area is 160 Å². The zero-order valence-electron chi connectivity index (χ0n) is 15.3. The van der Waals surface area contributed by atoms with E-state index < -0.39 is 18.3 Å². The number of hydrogen-bond acceptors (Lipinski definition) is 6. The third-order valence-electron chi connectivity index (χ3n) is 4.40. The molecule has 0 amide bonds. The number of hydrogen-bond donors (Lipinski definition) is 2. The number of piperidine rings is 1. The van der Waals surface area contributed by atoms with Crippen LogP contribution in [0.1, 0.15) is 24.6 Å². The van der Waals surface area contributed by atoms with Crippen molar-refractivity contribution in [1.82, 2.24) is 9.88 Å². The van der Waals surface area contributed by atoms with Gasteiger partial charge in [-0.2, -0.15) is 4.98 Å². The lowest BCUT2D eigenvalue weighted by molar-refractivity contribution is -0.275. The summed E-state index contributed by atoms with van der Waals surface area (Å²) in [4.78, 5) is 6.51. The fourth-order valence-corrected chi connectivity index (χ4v) is 2.98. The fraction of sp³-hybridized carbons (Fsp3) is 0.421. The zero-order chi connectivity index (χ0) is 20.1. The molecule has 2 N–H and O–H groups in total. The number of likely N-dealkylation sites (tertiary alicyclic amines) is 1. The second-order valence-electron chi connectivity index (χ2n) is 6.61. The summed E-state index contributed by atoms with van der Waals surface area (Å²) in [6.07, 6.45) is -4.45. The molecule has 0 aliphatic carbocycles. The van der Waals surface area contributed by atoms with E-state index in [4.69, 9.17) is 4.74 Å². The van der Waals surface area contributed by atoms with Gasteiger partial charge in [0.2, 0.25) is 5.88 Å². The van der Waals surface area contributed by atoms with Gasteiger partial charge in [-0.3, -0.25) is 0 Å². The number of alkyl halides is 3. The van der Waals surface area contributed by atoms with Gasteiger partial charge in [0.15, 0.2) is 6.23 Å². The summed E-state index contributed by atoms with van der Waals surface area (Å²) < 4.78 is 47.5. The van der Waals surface area contributed by atoms with Crippen LogP contribution in [0.2, 0.25) is 0 Å². The molecule has 3 rings (SSSR count). The third-order valence-corrected chi connectivity index (χ3v) is 4.40. The maximum Gasteiger partial charge on any atom is 0.573 e. The molecule has 0 radical (unpaired) electrons. The average molecular weight is 397 g/mol. The van der Waals surface area contributed by atoms with Crippen molar-refractivity contribution in [2.24, 2.45) is 0 Å². The molecule has 1 unspecified atom stereocenters. The molecule has 1 aromatic heterocycles. The molecule has 152 valence electrons. The Balaban J connectivity index is 1.67. The van der Waals surface area contributed by atoms with Gasteiger partial charge in [0.05, 0.1) is 0 Å². The van der Waals surface area contributed by atoms with Crippen LogP contribution in [0.4, 0.5) is 19.0 Å². The van der Waals surface area contributed by atoms with Crippen LogP contribution in [-0.2, 0) is 0 Å². The molecule has 1 fully saturated rings. The molecule has 0 bridgehead atoms. The van der Waals surface area contributed by atoms with E-state index in [9.17, 15) is 18.3 Å². The predicted octanol–water partition coefficient (Wildman–Crippen LogP) is 3.56. The monoisotopic (exact) mass is 397 g/mol. The Hall–Kier alpha value is -2.52. The molecule has 28 heavy (non-hydrogen) atoms. The van der Waals surface area contributed by atoms with Gasteiger partial charge in [-0.25, -0.2) is 0 Å². The molecule has 0 saturated carbocycles. The van der Waals surface area contributed by atoms with Gasteiger partial charge < -0.3 is 24.8 Å². The highest BCUT2D eigenvalue weighted by Gasteiger charge is 2.32. The number of aromatic nitrogens is 1. The first-order valence-corrected chi connectivity index (χ1v) is 8.92. The van der Waals surface area contributed by atoms with E-state index in [1.165, 1.54) is 18.2 Å². The molecule has 6 nitrogen and oxygen atoms in total. The Morgan fingerprint density at radius 3 is 2.57 bits per heavy atom. The molecular weight excluding hydrogens is 375 g/mol. The number of rotatable bonds is 6. The number of pyridine rings is 1. The van der Waals surface area contributed by atoms with E-state index in [1.807, 2.05) is 0 Å². The molecule has 2 heterocycles. The van der Waals surface area contributed by atoms with Crippen molar-refractivity contribution < 1.29 is 27.8 Å². The number of benzene rings is 1. The van der Waals surface area contributed by atoms with Gasteiger partial charge in [0, 0.05) is 24.7 Å². The number of para-hydroxylation sites is 1. The highest BCUT2D eigenvalue weighted by Crippen LogP contribution is 2.31. The van der Waals surface area contributed by atoms with Gasteiger partial charge in [-0.05, 0) is 32.0 Å². The van der Waals surface area contributed by atoms with Crippen LogP contribution in [0.5, 0.6) is 11.6 Å². The quantitative estimate of drug-likeness (QED) is 0.727. The molecule has 1 aliphatic heterocycles. The van der Waals surface area contributed by atoms with Crippen LogP contribution >= 0.6 is 0 Å². The Kier molecular flexibility index (Phi) is 6.25. The van der Waals surface area contributed by atoms with Crippen molar-refractivity contribution in [3.8, 4) is 11.6 Å². The fourth-order valence-electron chi connectivity index (χ4n) is 2.98. The summed E-state index contributed by atoms with van der Waals surface area (Å²) in [5.74, 6) is 0.194. The van der Waals surface area contributed by atoms with Crippen molar-refractivity contribution in [2.75, 3.05) is 25.5 Å². The van der Waals surface area contributed by atoms with Crippen LogP contribution < -0.4 is 14.8 Å². The number of ether oxygens (including phenoxy) is 2. The minimum atomic E-state index is -4.85. The van der Waals surface area contributed by atoms with E-state index >= 15 is 0 Å². The van der Waals surface area contributed by atoms with E-state index in [2.05, 4.69) is 27.0 Å². The first-order chi connectivity index (χ1) is 13.3. The number of aliphatic hydroxyl groups is 1. The lowest BCUT2D eigenvalue weighted by Crippen LogP contribution is -2.35. The molecule has 2 aromatic rings. The molecule has 9 heteroatoms. The van der Waals surface area contributed by atoms with E-state index in [1.54, 1.807) is 18.2 Å². The number of nitrogens with one attached hydrogen (secondary N) is 1. The van der Waals surface area contributed by atoms with Gasteiger partial charge in [0.25, 0.3) is 0 Å². The molecule has 1 aromatic carbocycles. The third kappa shape index (κ3) is 5.74. The predicted molar refractivity (Wildman–Crippen MR) is 97.1 cm³/mol. The minimum Gasteiger partial charge on any atom is -0.474 e. The summed E-state index contributed by atoms with van der Waals surface area (Å²) >= 11 is 0. The Bertz CT molecular complexity index is 780. The lowest BCUT2D eigenvalue weighted by Gasteiger charge is -2.29. The topological polar surface area (TPSA) is 66.9 Å². The summed E-state index contributed by atoms with van der Waals surface area (Å²) in [6.45, 7) is 1.88. The van der Waals surface area contributed by atoms with E-state index in [-0.39, 0.29) is 17.5 Å². The van der Waals surface area contributed by atoms with Crippen molar-refractivity contribution in [3.63, 3.8) is 0 Å². The van der Waals surface area contributed by atoms with Crippen LogP contribution in [0, 0.1) is 0 Å². The van der Waals surface area contributed by atoms with Gasteiger partial charge in [0.1, 0.15) is 17.7 Å².